The molecule has 0 saturated heterocycles. The van der Waals surface area contributed by atoms with Crippen molar-refractivity contribution in [3.63, 3.8) is 0 Å². The average Bonchev–Trinajstić information content (AvgIpc) is 3.24. The molecule has 10 heteroatoms. The molecule has 0 aliphatic heterocycles. The van der Waals surface area contributed by atoms with Crippen LogP contribution in [0.25, 0.3) is 11.5 Å². The summed E-state index contributed by atoms with van der Waals surface area (Å²) >= 11 is 0. The van der Waals surface area contributed by atoms with Gasteiger partial charge >= 0.3 is 11.8 Å². The molecular weight excluding hydrogens is 406 g/mol. The molecule has 9 nitrogen and oxygen atoms in total. The molecule has 164 valence electrons. The van der Waals surface area contributed by atoms with Gasteiger partial charge in [0.2, 0.25) is 15.9 Å². The third kappa shape index (κ3) is 5.24. The predicted octanol–water partition coefficient (Wildman–Crippen LogP) is 1.98. The second-order valence-corrected chi connectivity index (χ2v) is 9.90. The zero-order chi connectivity index (χ0) is 21.7. The van der Waals surface area contributed by atoms with Gasteiger partial charge in [0.25, 0.3) is 0 Å². The lowest BCUT2D eigenvalue weighted by Crippen LogP contribution is -2.39. The van der Waals surface area contributed by atoms with Crippen LogP contribution in [0.2, 0.25) is 0 Å². The fourth-order valence-electron chi connectivity index (χ4n) is 3.54. The Labute approximate surface area is 177 Å². The van der Waals surface area contributed by atoms with Crippen molar-refractivity contribution < 1.29 is 17.6 Å². The quantitative estimate of drug-likeness (QED) is 0.675. The first-order chi connectivity index (χ1) is 14.3. The van der Waals surface area contributed by atoms with E-state index in [1.807, 2.05) is 0 Å². The molecule has 1 aromatic carbocycles. The molecule has 0 spiro atoms. The zero-order valence-electron chi connectivity index (χ0n) is 17.7. The third-order valence-corrected chi connectivity index (χ3v) is 7.28. The van der Waals surface area contributed by atoms with E-state index in [-0.39, 0.29) is 16.7 Å². The summed E-state index contributed by atoms with van der Waals surface area (Å²) in [5.41, 5.74) is 0.538. The lowest BCUT2D eigenvalue weighted by atomic mass is 9.94. The molecule has 1 aliphatic rings. The Bertz CT molecular complexity index is 950. The summed E-state index contributed by atoms with van der Waals surface area (Å²) < 4.78 is 30.9. The van der Waals surface area contributed by atoms with Crippen LogP contribution in [-0.4, -0.2) is 74.0 Å². The fourth-order valence-corrected chi connectivity index (χ4v) is 4.44. The zero-order valence-corrected chi connectivity index (χ0v) is 18.5. The molecule has 1 N–H and O–H groups in total. The third-order valence-electron chi connectivity index (χ3n) is 5.45. The summed E-state index contributed by atoms with van der Waals surface area (Å²) in [6.07, 6.45) is 6.29. The van der Waals surface area contributed by atoms with E-state index in [9.17, 15) is 13.2 Å². The monoisotopic (exact) mass is 435 g/mol. The number of amides is 1. The molecule has 0 radical (unpaired) electrons. The fraction of sp³-hybridized carbons (Fsp3) is 0.550. The molecule has 3 rings (SSSR count). The van der Waals surface area contributed by atoms with Gasteiger partial charge in [0, 0.05) is 38.8 Å². The number of likely N-dealkylation sites (N-methyl/N-ethyl adjacent to an activating group) is 1. The minimum Gasteiger partial charge on any atom is -0.412 e. The number of hydrogen-bond donors (Lipinski definition) is 1. The van der Waals surface area contributed by atoms with E-state index < -0.39 is 15.9 Å². The molecule has 1 fully saturated rings. The molecule has 2 aromatic rings. The summed E-state index contributed by atoms with van der Waals surface area (Å²) in [7, 11) is 1.52. The van der Waals surface area contributed by atoms with E-state index in [2.05, 4.69) is 27.5 Å². The maximum atomic E-state index is 12.3. The van der Waals surface area contributed by atoms with Crippen molar-refractivity contribution in [2.24, 2.45) is 0 Å². The van der Waals surface area contributed by atoms with Crippen molar-refractivity contribution in [3.05, 3.63) is 30.2 Å². The van der Waals surface area contributed by atoms with Gasteiger partial charge in [-0.3, -0.25) is 4.79 Å². The number of benzene rings is 1. The molecule has 1 aromatic heterocycles. The highest BCUT2D eigenvalue weighted by atomic mass is 32.2. The Morgan fingerprint density at radius 2 is 1.77 bits per heavy atom. The van der Waals surface area contributed by atoms with Gasteiger partial charge in [-0.1, -0.05) is 19.3 Å². The predicted molar refractivity (Wildman–Crippen MR) is 112 cm³/mol. The van der Waals surface area contributed by atoms with Crippen molar-refractivity contribution in [3.8, 4) is 11.5 Å². The Hall–Kier alpha value is -2.30. The van der Waals surface area contributed by atoms with Gasteiger partial charge < -0.3 is 14.6 Å². The number of sulfonamides is 1. The van der Waals surface area contributed by atoms with Crippen LogP contribution in [0, 0.1) is 0 Å². The van der Waals surface area contributed by atoms with E-state index in [0.717, 1.165) is 10.8 Å². The number of nitrogens with zero attached hydrogens (tertiary/aromatic N) is 4. The summed E-state index contributed by atoms with van der Waals surface area (Å²) in [6, 6.07) is 6.67. The molecule has 0 atom stereocenters. The molecular formula is C20H29N5O4S. The highest BCUT2D eigenvalue weighted by molar-refractivity contribution is 7.89. The molecule has 0 bridgehead atoms. The van der Waals surface area contributed by atoms with Crippen LogP contribution in [0.4, 0.5) is 0 Å². The number of rotatable bonds is 8. The number of aromatic nitrogens is 2. The first-order valence-electron chi connectivity index (χ1n) is 10.1. The number of hydrogen-bond acceptors (Lipinski definition) is 7. The summed E-state index contributed by atoms with van der Waals surface area (Å²) in [5, 5.41) is 10.5. The van der Waals surface area contributed by atoms with Crippen molar-refractivity contribution in [2.75, 3.05) is 34.2 Å². The van der Waals surface area contributed by atoms with Gasteiger partial charge in [-0.2, -0.15) is 0 Å². The summed E-state index contributed by atoms with van der Waals surface area (Å²) in [4.78, 5) is 14.8. The van der Waals surface area contributed by atoms with Gasteiger partial charge in [-0.25, -0.2) is 12.7 Å². The van der Waals surface area contributed by atoms with Gasteiger partial charge in [0.15, 0.2) is 0 Å². The summed E-state index contributed by atoms with van der Waals surface area (Å²) in [6.45, 7) is 1.26. The largest absolute Gasteiger partial charge is 0.412 e. The number of carbonyl (C=O) groups is 1. The van der Waals surface area contributed by atoms with Crippen molar-refractivity contribution in [2.45, 2.75) is 43.0 Å². The first kappa shape index (κ1) is 22.4. The molecule has 1 amide bonds. The standard InChI is InChI=1S/C20H29N5O4S/c1-24(2)30(27,28)17-11-9-15(10-12-17)19-22-23-20(29-19)18(26)21-13-14-25(3)16-7-5-4-6-8-16/h9-12,16H,4-8,13-14H2,1-3H3,(H,21,26). The maximum absolute atomic E-state index is 12.3. The van der Waals surface area contributed by atoms with Crippen molar-refractivity contribution in [1.29, 1.82) is 0 Å². The minimum absolute atomic E-state index is 0.115. The van der Waals surface area contributed by atoms with Gasteiger partial charge in [-0.15, -0.1) is 10.2 Å². The highest BCUT2D eigenvalue weighted by Crippen LogP contribution is 2.22. The maximum Gasteiger partial charge on any atom is 0.308 e. The topological polar surface area (TPSA) is 109 Å². The Kier molecular flexibility index (Phi) is 7.22. The van der Waals surface area contributed by atoms with Crippen molar-refractivity contribution in [1.82, 2.24) is 24.7 Å². The Balaban J connectivity index is 1.55. The Morgan fingerprint density at radius 3 is 2.40 bits per heavy atom. The lowest BCUT2D eigenvalue weighted by molar-refractivity contribution is 0.0910. The SMILES string of the molecule is CN(CCNC(=O)c1nnc(-c2ccc(S(=O)(=O)N(C)C)cc2)o1)C1CCCCC1. The van der Waals surface area contributed by atoms with E-state index in [4.69, 9.17) is 4.42 Å². The smallest absolute Gasteiger partial charge is 0.308 e. The minimum atomic E-state index is -3.51. The molecule has 1 saturated carbocycles. The lowest BCUT2D eigenvalue weighted by Gasteiger charge is -2.31. The van der Waals surface area contributed by atoms with E-state index in [0.29, 0.717) is 18.2 Å². The normalized spacial score (nSPS) is 15.6. The average molecular weight is 436 g/mol. The first-order valence-corrected chi connectivity index (χ1v) is 11.6. The van der Waals surface area contributed by atoms with Crippen LogP contribution in [0.1, 0.15) is 42.8 Å². The second-order valence-electron chi connectivity index (χ2n) is 7.75. The van der Waals surface area contributed by atoms with Gasteiger partial charge in [0.05, 0.1) is 4.90 Å². The molecule has 30 heavy (non-hydrogen) atoms. The van der Waals surface area contributed by atoms with Gasteiger partial charge in [0.1, 0.15) is 0 Å². The van der Waals surface area contributed by atoms with Crippen LogP contribution < -0.4 is 5.32 Å². The number of carbonyl (C=O) groups excluding carboxylic acids is 1. The van der Waals surface area contributed by atoms with Crippen LogP contribution in [0.3, 0.4) is 0 Å². The van der Waals surface area contributed by atoms with Crippen LogP contribution >= 0.6 is 0 Å². The van der Waals surface area contributed by atoms with Gasteiger partial charge in [-0.05, 0) is 44.2 Å². The molecule has 1 aliphatic carbocycles. The molecule has 1 heterocycles. The van der Waals surface area contributed by atoms with Crippen LogP contribution in [0.15, 0.2) is 33.6 Å². The van der Waals surface area contributed by atoms with Crippen LogP contribution in [-0.2, 0) is 10.0 Å². The second kappa shape index (κ2) is 9.67. The molecule has 0 unspecified atom stereocenters. The summed E-state index contributed by atoms with van der Waals surface area (Å²) in [5.74, 6) is -0.374. The van der Waals surface area contributed by atoms with E-state index in [1.165, 1.54) is 58.3 Å². The van der Waals surface area contributed by atoms with E-state index in [1.54, 1.807) is 12.1 Å². The Morgan fingerprint density at radius 1 is 1.10 bits per heavy atom. The van der Waals surface area contributed by atoms with E-state index >= 15 is 0 Å². The highest BCUT2D eigenvalue weighted by Gasteiger charge is 2.20. The van der Waals surface area contributed by atoms with Crippen LogP contribution in [0.5, 0.6) is 0 Å². The van der Waals surface area contributed by atoms with Crippen molar-refractivity contribution >= 4 is 15.9 Å². The number of nitrogens with one attached hydrogen (secondary N) is 1.